The molecule has 0 amide bonds. The monoisotopic (exact) mass is 302 g/mol. The lowest BCUT2D eigenvalue weighted by Crippen LogP contribution is -2.13. The molecular weight excluding hydrogens is 276 g/mol. The number of unbranched alkanes of at least 4 members (excludes halogenated alkanes) is 3. The second-order valence-electron chi connectivity index (χ2n) is 6.34. The second-order valence-corrected chi connectivity index (χ2v) is 6.78. The van der Waals surface area contributed by atoms with Gasteiger partial charge in [-0.25, -0.2) is 0 Å². The van der Waals surface area contributed by atoms with Gasteiger partial charge in [0.15, 0.2) is 0 Å². The summed E-state index contributed by atoms with van der Waals surface area (Å²) in [7, 11) is 0. The second kappa shape index (κ2) is 9.16. The highest BCUT2D eigenvalue weighted by atomic mass is 35.5. The van der Waals surface area contributed by atoms with Crippen molar-refractivity contribution in [3.63, 3.8) is 0 Å². The molecule has 0 spiro atoms. The Bertz CT molecular complexity index is 455. The Morgan fingerprint density at radius 1 is 1.00 bits per heavy atom. The average molecular weight is 303 g/mol. The molecule has 1 aromatic rings. The molecule has 1 saturated carbocycles. The van der Waals surface area contributed by atoms with E-state index in [2.05, 4.69) is 18.8 Å². The molecule has 0 bridgehead atoms. The third-order valence-corrected chi connectivity index (χ3v) is 4.83. The van der Waals surface area contributed by atoms with Crippen LogP contribution in [-0.4, -0.2) is 0 Å². The predicted octanol–water partition coefficient (Wildman–Crippen LogP) is 6.47. The van der Waals surface area contributed by atoms with Gasteiger partial charge in [-0.2, -0.15) is 0 Å². The molecule has 1 heteroatoms. The fourth-order valence-electron chi connectivity index (χ4n) is 3.17. The standard InChI is InChI=1S/C20H27Cl/c1-2-3-4-5-6-17-7-9-18(10-8-17)11-12-19-13-15-20(21)16-14-19/h13-18H,2-10H2,1H3. The quantitative estimate of drug-likeness (QED) is 0.432. The minimum atomic E-state index is 0.604. The summed E-state index contributed by atoms with van der Waals surface area (Å²) in [5.74, 6) is 8.34. The third kappa shape index (κ3) is 6.15. The topological polar surface area (TPSA) is 0 Å². The first-order valence-electron chi connectivity index (χ1n) is 8.55. The number of hydrogen-bond acceptors (Lipinski definition) is 0. The summed E-state index contributed by atoms with van der Waals surface area (Å²) in [4.78, 5) is 0. The van der Waals surface area contributed by atoms with Gasteiger partial charge in [-0.1, -0.05) is 62.5 Å². The van der Waals surface area contributed by atoms with Crippen molar-refractivity contribution in [1.82, 2.24) is 0 Å². The number of benzene rings is 1. The van der Waals surface area contributed by atoms with E-state index in [0.717, 1.165) is 16.5 Å². The molecule has 0 N–H and O–H groups in total. The fourth-order valence-corrected chi connectivity index (χ4v) is 3.30. The Morgan fingerprint density at radius 3 is 2.38 bits per heavy atom. The molecule has 21 heavy (non-hydrogen) atoms. The van der Waals surface area contributed by atoms with Crippen LogP contribution < -0.4 is 0 Å². The number of halogens is 1. The highest BCUT2D eigenvalue weighted by Crippen LogP contribution is 2.31. The Kier molecular flexibility index (Phi) is 7.17. The summed E-state index contributed by atoms with van der Waals surface area (Å²) in [6.45, 7) is 2.28. The smallest absolute Gasteiger partial charge is 0.0406 e. The molecule has 114 valence electrons. The maximum Gasteiger partial charge on any atom is 0.0406 e. The molecule has 0 heterocycles. The Labute approximate surface area is 135 Å². The molecule has 0 nitrogen and oxygen atoms in total. The van der Waals surface area contributed by atoms with Crippen LogP contribution >= 0.6 is 11.6 Å². The lowest BCUT2D eigenvalue weighted by molar-refractivity contribution is 0.294. The highest BCUT2D eigenvalue weighted by molar-refractivity contribution is 6.30. The van der Waals surface area contributed by atoms with Gasteiger partial charge in [-0.3, -0.25) is 0 Å². The van der Waals surface area contributed by atoms with Gasteiger partial charge in [-0.15, -0.1) is 0 Å². The van der Waals surface area contributed by atoms with Crippen molar-refractivity contribution in [2.75, 3.05) is 0 Å². The molecule has 0 aromatic heterocycles. The van der Waals surface area contributed by atoms with Crippen LogP contribution in [0.2, 0.25) is 5.02 Å². The molecule has 1 aliphatic carbocycles. The number of hydrogen-bond donors (Lipinski definition) is 0. The minimum absolute atomic E-state index is 0.604. The zero-order valence-electron chi connectivity index (χ0n) is 13.2. The zero-order chi connectivity index (χ0) is 14.9. The summed E-state index contributed by atoms with van der Waals surface area (Å²) in [5, 5.41) is 0.782. The van der Waals surface area contributed by atoms with Crippen LogP contribution in [0.1, 0.15) is 70.3 Å². The summed E-state index contributed by atoms with van der Waals surface area (Å²) in [6.07, 6.45) is 12.4. The Hall–Kier alpha value is -0.930. The van der Waals surface area contributed by atoms with Crippen molar-refractivity contribution < 1.29 is 0 Å². The lowest BCUT2D eigenvalue weighted by atomic mass is 9.80. The van der Waals surface area contributed by atoms with E-state index >= 15 is 0 Å². The minimum Gasteiger partial charge on any atom is -0.0945 e. The maximum absolute atomic E-state index is 5.89. The predicted molar refractivity (Wildman–Crippen MR) is 92.5 cm³/mol. The van der Waals surface area contributed by atoms with Crippen molar-refractivity contribution in [1.29, 1.82) is 0 Å². The van der Waals surface area contributed by atoms with E-state index in [9.17, 15) is 0 Å². The normalized spacial score (nSPS) is 21.6. The van der Waals surface area contributed by atoms with E-state index in [1.165, 1.54) is 57.8 Å². The average Bonchev–Trinajstić information content (AvgIpc) is 2.52. The van der Waals surface area contributed by atoms with Crippen molar-refractivity contribution in [3.05, 3.63) is 34.9 Å². The van der Waals surface area contributed by atoms with E-state index in [1.54, 1.807) is 0 Å². The Balaban J connectivity index is 1.70. The lowest BCUT2D eigenvalue weighted by Gasteiger charge is -2.25. The molecule has 0 aliphatic heterocycles. The highest BCUT2D eigenvalue weighted by Gasteiger charge is 2.19. The van der Waals surface area contributed by atoms with Crippen LogP contribution in [0, 0.1) is 23.7 Å². The van der Waals surface area contributed by atoms with Crippen LogP contribution in [-0.2, 0) is 0 Å². The third-order valence-electron chi connectivity index (χ3n) is 4.58. The van der Waals surface area contributed by atoms with Gasteiger partial charge in [0.25, 0.3) is 0 Å². The van der Waals surface area contributed by atoms with Gasteiger partial charge in [0.05, 0.1) is 0 Å². The van der Waals surface area contributed by atoms with Crippen LogP contribution in [0.15, 0.2) is 24.3 Å². The molecule has 1 aliphatic rings. The molecule has 0 saturated heterocycles. The SMILES string of the molecule is CCCCCCC1CCC(C#Cc2ccc(Cl)cc2)CC1. The maximum atomic E-state index is 5.89. The summed E-state index contributed by atoms with van der Waals surface area (Å²) >= 11 is 5.89. The van der Waals surface area contributed by atoms with Gasteiger partial charge < -0.3 is 0 Å². The molecule has 2 rings (SSSR count). The zero-order valence-corrected chi connectivity index (χ0v) is 14.0. The molecule has 0 radical (unpaired) electrons. The van der Waals surface area contributed by atoms with E-state index in [-0.39, 0.29) is 0 Å². The fraction of sp³-hybridized carbons (Fsp3) is 0.600. The Morgan fingerprint density at radius 2 is 1.71 bits per heavy atom. The van der Waals surface area contributed by atoms with Crippen LogP contribution in [0.5, 0.6) is 0 Å². The first kappa shape index (κ1) is 16.4. The summed E-state index contributed by atoms with van der Waals surface area (Å²) < 4.78 is 0. The largest absolute Gasteiger partial charge is 0.0945 e. The van der Waals surface area contributed by atoms with Crippen LogP contribution in [0.25, 0.3) is 0 Å². The molecule has 1 aromatic carbocycles. The van der Waals surface area contributed by atoms with Gasteiger partial charge >= 0.3 is 0 Å². The van der Waals surface area contributed by atoms with Crippen molar-refractivity contribution in [3.8, 4) is 11.8 Å². The summed E-state index contributed by atoms with van der Waals surface area (Å²) in [6, 6.07) is 7.85. The first-order chi connectivity index (χ1) is 10.3. The molecule has 1 fully saturated rings. The van der Waals surface area contributed by atoms with Gasteiger partial charge in [0, 0.05) is 16.5 Å². The van der Waals surface area contributed by atoms with E-state index in [0.29, 0.717) is 5.92 Å². The molecule has 0 atom stereocenters. The summed E-state index contributed by atoms with van der Waals surface area (Å²) in [5.41, 5.74) is 1.08. The van der Waals surface area contributed by atoms with Crippen molar-refractivity contribution in [2.45, 2.75) is 64.7 Å². The van der Waals surface area contributed by atoms with Crippen molar-refractivity contribution in [2.24, 2.45) is 11.8 Å². The van der Waals surface area contributed by atoms with Crippen molar-refractivity contribution >= 4 is 11.6 Å². The van der Waals surface area contributed by atoms with E-state index < -0.39 is 0 Å². The van der Waals surface area contributed by atoms with Crippen LogP contribution in [0.3, 0.4) is 0 Å². The van der Waals surface area contributed by atoms with E-state index in [1.807, 2.05) is 24.3 Å². The number of rotatable bonds is 5. The van der Waals surface area contributed by atoms with Crippen LogP contribution in [0.4, 0.5) is 0 Å². The van der Waals surface area contributed by atoms with E-state index in [4.69, 9.17) is 11.6 Å². The van der Waals surface area contributed by atoms with Gasteiger partial charge in [-0.05, 0) is 55.9 Å². The first-order valence-corrected chi connectivity index (χ1v) is 8.93. The van der Waals surface area contributed by atoms with Gasteiger partial charge in [0.1, 0.15) is 0 Å². The molecular formula is C20H27Cl. The van der Waals surface area contributed by atoms with Gasteiger partial charge in [0.2, 0.25) is 0 Å². The molecule has 0 unspecified atom stereocenters.